The summed E-state index contributed by atoms with van der Waals surface area (Å²) in [6.45, 7) is 0.0466. The van der Waals surface area contributed by atoms with Crippen LogP contribution in [0.3, 0.4) is 0 Å². The topological polar surface area (TPSA) is 94.7 Å². The molecule has 6 aromatic carbocycles. The Morgan fingerprint density at radius 3 is 1.62 bits per heavy atom. The van der Waals surface area contributed by atoms with Crippen molar-refractivity contribution >= 4 is 70.9 Å². The highest BCUT2D eigenvalue weighted by molar-refractivity contribution is 7.22. The van der Waals surface area contributed by atoms with Crippen molar-refractivity contribution in [2.24, 2.45) is 0 Å². The number of hydrogen-bond acceptors (Lipinski definition) is 6. The number of thiophene rings is 2. The summed E-state index contributed by atoms with van der Waals surface area (Å²) in [6.07, 6.45) is 4.59. The Bertz CT molecular complexity index is 2830. The first-order valence-corrected chi connectivity index (χ1v) is 18.4. The number of carbonyl (C=O) groups excluding carboxylic acids is 1. The Morgan fingerprint density at radius 2 is 1.08 bits per heavy atom. The Morgan fingerprint density at radius 1 is 0.538 bits per heavy atom. The number of aromatic amines is 2. The average Bonchev–Trinajstić information content (AvgIpc) is 4.03. The van der Waals surface area contributed by atoms with Crippen LogP contribution in [-0.4, -0.2) is 31.8 Å². The van der Waals surface area contributed by atoms with Crippen LogP contribution in [0.4, 0.5) is 0 Å². The summed E-state index contributed by atoms with van der Waals surface area (Å²) >= 11 is 3.57. The molecule has 0 saturated heterocycles. The number of fused-ring (bicyclic) bond motifs is 4. The van der Waals surface area contributed by atoms with Crippen molar-refractivity contribution in [3.05, 3.63) is 157 Å². The molecule has 0 radical (unpaired) electrons. The maximum atomic E-state index is 11.1. The Labute approximate surface area is 306 Å². The number of carbonyl (C=O) groups is 1. The van der Waals surface area contributed by atoms with Gasteiger partial charge in [0.05, 0.1) is 30.0 Å². The van der Waals surface area contributed by atoms with Gasteiger partial charge >= 0.3 is 0 Å². The molecule has 0 bridgehead atoms. The molecular weight excluding hydrogens is 681 g/mol. The maximum Gasteiger partial charge on any atom is 0.150 e. The number of H-pyrrole nitrogens is 2. The number of hydrogen-bond donors (Lipinski definition) is 3. The molecule has 6 nitrogen and oxygen atoms in total. The van der Waals surface area contributed by atoms with Gasteiger partial charge in [0.1, 0.15) is 6.29 Å². The van der Waals surface area contributed by atoms with Crippen LogP contribution in [-0.2, 0) is 6.61 Å². The van der Waals surface area contributed by atoms with Gasteiger partial charge in [-0.2, -0.15) is 10.2 Å². The van der Waals surface area contributed by atoms with Crippen LogP contribution in [0, 0.1) is 0 Å². The lowest BCUT2D eigenvalue weighted by atomic mass is 9.98. The van der Waals surface area contributed by atoms with Gasteiger partial charge in [-0.05, 0) is 99.3 Å². The lowest BCUT2D eigenvalue weighted by Crippen LogP contribution is -1.86. The minimum atomic E-state index is 0.0466. The summed E-state index contributed by atoms with van der Waals surface area (Å²) in [5, 5.41) is 28.9. The lowest BCUT2D eigenvalue weighted by Gasteiger charge is -2.08. The largest absolute Gasteiger partial charge is 0.392 e. The number of aliphatic hydroxyl groups is 1. The fraction of sp³-hybridized carbons (Fsp3) is 0.0227. The third-order valence-electron chi connectivity index (χ3n) is 9.28. The molecule has 4 aromatic heterocycles. The zero-order valence-corrected chi connectivity index (χ0v) is 29.3. The normalized spacial score (nSPS) is 11.3. The molecule has 0 saturated carbocycles. The molecule has 4 heterocycles. The van der Waals surface area contributed by atoms with Crippen molar-refractivity contribution in [3.8, 4) is 43.1 Å². The molecule has 0 fully saturated rings. The number of aromatic nitrogens is 4. The quantitative estimate of drug-likeness (QED) is 0.150. The van der Waals surface area contributed by atoms with E-state index in [0.717, 1.165) is 67.0 Å². The second-order valence-corrected chi connectivity index (χ2v) is 14.8. The number of rotatable bonds is 6. The zero-order valence-electron chi connectivity index (χ0n) is 27.7. The molecular formula is C44H30N4O2S2. The van der Waals surface area contributed by atoms with E-state index in [1.54, 1.807) is 22.7 Å². The monoisotopic (exact) mass is 710 g/mol. The minimum absolute atomic E-state index is 0.0466. The molecule has 0 aliphatic rings. The molecule has 0 amide bonds. The molecule has 0 spiro atoms. The van der Waals surface area contributed by atoms with Crippen LogP contribution >= 0.6 is 22.7 Å². The van der Waals surface area contributed by atoms with Gasteiger partial charge in [-0.3, -0.25) is 15.0 Å². The smallest absolute Gasteiger partial charge is 0.150 e. The molecule has 0 atom stereocenters. The summed E-state index contributed by atoms with van der Waals surface area (Å²) in [5.41, 5.74) is 10.3. The molecule has 250 valence electrons. The van der Waals surface area contributed by atoms with E-state index in [1.807, 2.05) is 54.9 Å². The number of benzene rings is 6. The van der Waals surface area contributed by atoms with Crippen LogP contribution in [0.5, 0.6) is 0 Å². The van der Waals surface area contributed by atoms with E-state index < -0.39 is 0 Å². The Balaban J connectivity index is 0.000000138. The highest BCUT2D eigenvalue weighted by Crippen LogP contribution is 2.40. The average molecular weight is 711 g/mol. The van der Waals surface area contributed by atoms with Crippen molar-refractivity contribution in [3.63, 3.8) is 0 Å². The minimum Gasteiger partial charge on any atom is -0.392 e. The third kappa shape index (κ3) is 5.99. The highest BCUT2D eigenvalue weighted by Gasteiger charge is 2.14. The van der Waals surface area contributed by atoms with E-state index in [4.69, 9.17) is 0 Å². The molecule has 3 N–H and O–H groups in total. The van der Waals surface area contributed by atoms with E-state index in [2.05, 4.69) is 111 Å². The van der Waals surface area contributed by atoms with Crippen LogP contribution < -0.4 is 0 Å². The van der Waals surface area contributed by atoms with Crippen molar-refractivity contribution in [2.75, 3.05) is 0 Å². The first kappa shape index (κ1) is 31.8. The molecule has 8 heteroatoms. The second kappa shape index (κ2) is 13.5. The lowest BCUT2D eigenvalue weighted by molar-refractivity contribution is 0.112. The SMILES string of the molecule is O=Cc1cccc(-c2cc(-c3cc4ccccc4s3)c3[nH]ncc3c2)c1.OCc1cccc(-c2cc(-c3cc4ccccc4s3)c3[nH]ncc3c2)c1. The van der Waals surface area contributed by atoms with E-state index in [0.29, 0.717) is 5.56 Å². The number of aliphatic hydroxyl groups excluding tert-OH is 1. The van der Waals surface area contributed by atoms with Crippen molar-refractivity contribution in [1.82, 2.24) is 20.4 Å². The van der Waals surface area contributed by atoms with E-state index in [-0.39, 0.29) is 6.61 Å². The van der Waals surface area contributed by atoms with Crippen molar-refractivity contribution < 1.29 is 9.90 Å². The van der Waals surface area contributed by atoms with Gasteiger partial charge in [0.15, 0.2) is 0 Å². The predicted octanol–water partition coefficient (Wildman–Crippen LogP) is 11.5. The van der Waals surface area contributed by atoms with E-state index in [9.17, 15) is 9.90 Å². The molecule has 10 aromatic rings. The van der Waals surface area contributed by atoms with Crippen LogP contribution in [0.25, 0.3) is 85.1 Å². The van der Waals surface area contributed by atoms with Gasteiger partial charge in [0, 0.05) is 46.6 Å². The van der Waals surface area contributed by atoms with Crippen LogP contribution in [0.1, 0.15) is 15.9 Å². The summed E-state index contributed by atoms with van der Waals surface area (Å²) in [4.78, 5) is 13.6. The summed E-state index contributed by atoms with van der Waals surface area (Å²) in [7, 11) is 0. The van der Waals surface area contributed by atoms with Gasteiger partial charge in [-0.25, -0.2) is 0 Å². The number of nitrogens with zero attached hydrogens (tertiary/aromatic N) is 2. The fourth-order valence-electron chi connectivity index (χ4n) is 6.71. The van der Waals surface area contributed by atoms with Crippen LogP contribution in [0.2, 0.25) is 0 Å². The van der Waals surface area contributed by atoms with Gasteiger partial charge in [-0.15, -0.1) is 22.7 Å². The Hall–Kier alpha value is -6.19. The van der Waals surface area contributed by atoms with Gasteiger partial charge in [0.25, 0.3) is 0 Å². The Kier molecular flexibility index (Phi) is 8.25. The second-order valence-electron chi connectivity index (χ2n) is 12.6. The summed E-state index contributed by atoms with van der Waals surface area (Å²) in [6, 6.07) is 45.7. The number of nitrogens with one attached hydrogen (secondary N) is 2. The van der Waals surface area contributed by atoms with Crippen molar-refractivity contribution in [2.45, 2.75) is 6.61 Å². The molecule has 0 aliphatic heterocycles. The highest BCUT2D eigenvalue weighted by atomic mass is 32.1. The number of aldehydes is 1. The fourth-order valence-corrected chi connectivity index (χ4v) is 8.88. The third-order valence-corrected chi connectivity index (χ3v) is 11.6. The molecule has 10 rings (SSSR count). The van der Waals surface area contributed by atoms with Gasteiger partial charge in [-0.1, -0.05) is 72.8 Å². The van der Waals surface area contributed by atoms with E-state index >= 15 is 0 Å². The zero-order chi connectivity index (χ0) is 35.0. The molecule has 0 unspecified atom stereocenters. The first-order chi connectivity index (χ1) is 25.6. The summed E-state index contributed by atoms with van der Waals surface area (Å²) < 4.78 is 2.55. The predicted molar refractivity (Wildman–Crippen MR) is 216 cm³/mol. The van der Waals surface area contributed by atoms with E-state index in [1.165, 1.54) is 29.9 Å². The summed E-state index contributed by atoms with van der Waals surface area (Å²) in [5.74, 6) is 0. The molecule has 0 aliphatic carbocycles. The standard InChI is InChI=1S/C22H16N2OS.C22H14N2OS/c2*25-13-14-4-3-6-15(8-14)17-9-18-12-23-24-22(18)19(10-17)21-11-16-5-1-2-7-20(16)26-21/h1-12,25H,13H2,(H,23,24);1-13H,(H,23,24). The maximum absolute atomic E-state index is 11.1. The van der Waals surface area contributed by atoms with Gasteiger partial charge in [0.2, 0.25) is 0 Å². The van der Waals surface area contributed by atoms with Crippen molar-refractivity contribution in [1.29, 1.82) is 0 Å². The first-order valence-electron chi connectivity index (χ1n) is 16.8. The molecule has 52 heavy (non-hydrogen) atoms. The van der Waals surface area contributed by atoms with Crippen LogP contribution in [0.15, 0.2) is 146 Å². The van der Waals surface area contributed by atoms with Gasteiger partial charge < -0.3 is 5.11 Å².